The van der Waals surface area contributed by atoms with Gasteiger partial charge in [-0.2, -0.15) is 0 Å². The van der Waals surface area contributed by atoms with Crippen LogP contribution in [0.3, 0.4) is 0 Å². The molecule has 23 heavy (non-hydrogen) atoms. The Kier molecular flexibility index (Phi) is 4.71. The minimum absolute atomic E-state index is 0.134. The van der Waals surface area contributed by atoms with E-state index in [1.807, 2.05) is 36.4 Å². The molecule has 1 N–H and O–H groups in total. The summed E-state index contributed by atoms with van der Waals surface area (Å²) in [7, 11) is -2.82. The predicted octanol–water partition coefficient (Wildman–Crippen LogP) is 3.09. The number of rotatable bonds is 7. The van der Waals surface area contributed by atoms with Gasteiger partial charge in [0.15, 0.2) is 0 Å². The fraction of sp³-hybridized carbons (Fsp3) is 0.400. The highest BCUT2D eigenvalue weighted by atomic mass is 28.4. The van der Waals surface area contributed by atoms with Gasteiger partial charge in [-0.1, -0.05) is 80.9 Å². The van der Waals surface area contributed by atoms with Crippen molar-refractivity contribution in [2.24, 2.45) is 0 Å². The quantitative estimate of drug-likeness (QED) is 0.626. The molecule has 1 saturated heterocycles. The fourth-order valence-corrected chi connectivity index (χ4v) is 7.28. The van der Waals surface area contributed by atoms with E-state index in [2.05, 4.69) is 38.1 Å². The molecule has 1 aliphatic rings. The lowest BCUT2D eigenvalue weighted by atomic mass is 10.0. The molecule has 0 amide bonds. The number of hydrogen-bond donors (Lipinski definition) is 1. The van der Waals surface area contributed by atoms with Crippen LogP contribution in [0.15, 0.2) is 60.7 Å². The average molecular weight is 327 g/mol. The Morgan fingerprint density at radius 1 is 1.00 bits per heavy atom. The molecule has 0 bridgehead atoms. The third-order valence-electron chi connectivity index (χ3n) is 5.09. The largest absolute Gasteiger partial charge is 0.424 e. The first-order valence-corrected chi connectivity index (χ1v) is 10.4. The first-order valence-electron chi connectivity index (χ1n) is 8.49. The maximum absolute atomic E-state index is 12.0. The third-order valence-corrected chi connectivity index (χ3v) is 9.64. The first-order chi connectivity index (χ1) is 11.0. The first kappa shape index (κ1) is 16.4. The maximum Gasteiger partial charge on any atom is 0.258 e. The fourth-order valence-electron chi connectivity index (χ4n) is 3.49. The van der Waals surface area contributed by atoms with Gasteiger partial charge in [0.2, 0.25) is 0 Å². The van der Waals surface area contributed by atoms with Crippen molar-refractivity contribution in [3.63, 3.8) is 0 Å². The molecule has 2 aromatic carbocycles. The zero-order valence-corrected chi connectivity index (χ0v) is 15.0. The number of hydrogen-bond acceptors (Lipinski definition) is 2. The van der Waals surface area contributed by atoms with Gasteiger partial charge in [0.25, 0.3) is 8.32 Å². The van der Waals surface area contributed by atoms with Crippen LogP contribution in [0.5, 0.6) is 0 Å². The lowest BCUT2D eigenvalue weighted by molar-refractivity contribution is 0.377. The van der Waals surface area contributed by atoms with E-state index in [9.17, 15) is 4.80 Å². The van der Waals surface area contributed by atoms with Gasteiger partial charge in [-0.3, -0.25) is 0 Å². The van der Waals surface area contributed by atoms with E-state index >= 15 is 0 Å². The van der Waals surface area contributed by atoms with Gasteiger partial charge < -0.3 is 9.53 Å². The molecule has 0 saturated carbocycles. The Labute approximate surface area is 140 Å². The highest BCUT2D eigenvalue weighted by Crippen LogP contribution is 2.40. The summed E-state index contributed by atoms with van der Waals surface area (Å²) in [6.07, 6.45) is 3.69. The SMILES string of the molecule is CC(C)(CCCC1CO1)[Si](O)(c1ccccc1)c1ccccc1. The van der Waals surface area contributed by atoms with E-state index in [1.165, 1.54) is 0 Å². The second-order valence-electron chi connectivity index (χ2n) is 7.17. The van der Waals surface area contributed by atoms with Gasteiger partial charge in [-0.25, -0.2) is 0 Å². The lowest BCUT2D eigenvalue weighted by Gasteiger charge is -2.41. The third kappa shape index (κ3) is 3.42. The molecule has 1 unspecified atom stereocenters. The van der Waals surface area contributed by atoms with Gasteiger partial charge in [0.05, 0.1) is 12.7 Å². The average Bonchev–Trinajstić information content (AvgIpc) is 3.39. The minimum atomic E-state index is -2.82. The predicted molar refractivity (Wildman–Crippen MR) is 97.8 cm³/mol. The normalized spacial score (nSPS) is 18.0. The van der Waals surface area contributed by atoms with Crippen molar-refractivity contribution >= 4 is 18.7 Å². The molecule has 0 spiro atoms. The van der Waals surface area contributed by atoms with Crippen molar-refractivity contribution < 1.29 is 9.53 Å². The Morgan fingerprint density at radius 3 is 1.91 bits per heavy atom. The Balaban J connectivity index is 1.93. The zero-order valence-electron chi connectivity index (χ0n) is 14.0. The molecular weight excluding hydrogens is 300 g/mol. The summed E-state index contributed by atoms with van der Waals surface area (Å²) >= 11 is 0. The van der Waals surface area contributed by atoms with E-state index in [4.69, 9.17) is 4.74 Å². The topological polar surface area (TPSA) is 32.8 Å². The van der Waals surface area contributed by atoms with Crippen LogP contribution in [0.4, 0.5) is 0 Å². The van der Waals surface area contributed by atoms with Crippen molar-refractivity contribution in [3.05, 3.63) is 60.7 Å². The molecule has 3 heteroatoms. The van der Waals surface area contributed by atoms with Gasteiger partial charge in [-0.05, 0) is 28.3 Å². The van der Waals surface area contributed by atoms with Crippen LogP contribution < -0.4 is 10.4 Å². The Bertz CT molecular complexity index is 581. The second-order valence-corrected chi connectivity index (χ2v) is 11.1. The molecular formula is C20H26O2Si. The van der Waals surface area contributed by atoms with Crippen LogP contribution in [0.25, 0.3) is 0 Å². The summed E-state index contributed by atoms with van der Waals surface area (Å²) in [6.45, 7) is 5.37. The van der Waals surface area contributed by atoms with Crippen LogP contribution in [-0.4, -0.2) is 25.8 Å². The van der Waals surface area contributed by atoms with E-state index < -0.39 is 8.32 Å². The molecule has 2 nitrogen and oxygen atoms in total. The van der Waals surface area contributed by atoms with Gasteiger partial charge in [0.1, 0.15) is 0 Å². The molecule has 1 fully saturated rings. The lowest BCUT2D eigenvalue weighted by Crippen LogP contribution is -2.65. The van der Waals surface area contributed by atoms with Crippen LogP contribution in [0, 0.1) is 0 Å². The van der Waals surface area contributed by atoms with Gasteiger partial charge in [-0.15, -0.1) is 0 Å². The maximum atomic E-state index is 12.0. The number of epoxide rings is 1. The van der Waals surface area contributed by atoms with E-state index in [-0.39, 0.29) is 5.04 Å². The summed E-state index contributed by atoms with van der Waals surface area (Å²) in [5.41, 5.74) is 0. The van der Waals surface area contributed by atoms with Crippen LogP contribution in [0.2, 0.25) is 5.04 Å². The van der Waals surface area contributed by atoms with Crippen LogP contribution >= 0.6 is 0 Å². The van der Waals surface area contributed by atoms with Crippen molar-refractivity contribution in [1.82, 2.24) is 0 Å². The molecule has 0 radical (unpaired) electrons. The molecule has 0 aliphatic carbocycles. The zero-order chi connectivity index (χ0) is 16.3. The number of ether oxygens (including phenoxy) is 1. The number of benzene rings is 2. The Hall–Kier alpha value is -1.42. The van der Waals surface area contributed by atoms with Crippen molar-refractivity contribution in [3.8, 4) is 0 Å². The standard InChI is InChI=1S/C20H26O2Si/c1-20(2,15-9-10-17-16-22-17)23(21,18-11-5-3-6-12-18)19-13-7-4-8-14-19/h3-8,11-14,17,21H,9-10,15-16H2,1-2H3. The second kappa shape index (κ2) is 6.60. The molecule has 2 aromatic rings. The van der Waals surface area contributed by atoms with Crippen molar-refractivity contribution in [2.75, 3.05) is 6.61 Å². The highest BCUT2D eigenvalue weighted by molar-refractivity contribution is 6.98. The van der Waals surface area contributed by atoms with Gasteiger partial charge >= 0.3 is 0 Å². The Morgan fingerprint density at radius 2 is 1.48 bits per heavy atom. The van der Waals surface area contributed by atoms with Crippen LogP contribution in [-0.2, 0) is 4.74 Å². The highest BCUT2D eigenvalue weighted by Gasteiger charge is 2.49. The van der Waals surface area contributed by atoms with E-state index in [1.54, 1.807) is 0 Å². The minimum Gasteiger partial charge on any atom is -0.424 e. The van der Waals surface area contributed by atoms with E-state index in [0.717, 1.165) is 36.2 Å². The molecule has 1 aliphatic heterocycles. The smallest absolute Gasteiger partial charge is 0.258 e. The monoisotopic (exact) mass is 326 g/mol. The molecule has 122 valence electrons. The van der Waals surface area contributed by atoms with E-state index in [0.29, 0.717) is 6.10 Å². The van der Waals surface area contributed by atoms with Crippen molar-refractivity contribution in [1.29, 1.82) is 0 Å². The summed E-state index contributed by atoms with van der Waals surface area (Å²) in [6, 6.07) is 20.5. The molecule has 0 aromatic heterocycles. The summed E-state index contributed by atoms with van der Waals surface area (Å²) in [5, 5.41) is 2.06. The van der Waals surface area contributed by atoms with Gasteiger partial charge in [0, 0.05) is 0 Å². The van der Waals surface area contributed by atoms with Crippen molar-refractivity contribution in [2.45, 2.75) is 44.3 Å². The summed E-state index contributed by atoms with van der Waals surface area (Å²) in [5.74, 6) is 0. The molecule has 1 atom stereocenters. The molecule has 3 rings (SSSR count). The van der Waals surface area contributed by atoms with Crippen LogP contribution in [0.1, 0.15) is 33.1 Å². The summed E-state index contributed by atoms with van der Waals surface area (Å²) < 4.78 is 5.33. The molecule has 1 heterocycles. The summed E-state index contributed by atoms with van der Waals surface area (Å²) in [4.78, 5) is 12.0.